The van der Waals surface area contributed by atoms with Crippen LogP contribution in [-0.4, -0.2) is 15.8 Å². The maximum absolute atomic E-state index is 10.4. The van der Waals surface area contributed by atoms with E-state index in [1.807, 2.05) is 18.4 Å². The number of nitrogens with zero attached hydrogens (tertiary/aromatic N) is 2. The molecule has 0 aliphatic carbocycles. The van der Waals surface area contributed by atoms with E-state index in [1.54, 1.807) is 12.5 Å². The molecule has 0 aromatic carbocycles. The third kappa shape index (κ3) is 1.48. The predicted molar refractivity (Wildman–Crippen MR) is 42.4 cm³/mol. The highest BCUT2D eigenvalue weighted by Crippen LogP contribution is 2.11. The molecule has 1 rings (SSSR count). The molecule has 0 aliphatic rings. The van der Waals surface area contributed by atoms with Crippen molar-refractivity contribution >= 4 is 6.29 Å². The lowest BCUT2D eigenvalue weighted by Crippen LogP contribution is -2.03. The Bertz CT molecular complexity index is 242. The fraction of sp³-hybridized carbons (Fsp3) is 0.500. The van der Waals surface area contributed by atoms with Gasteiger partial charge in [0.15, 0.2) is 0 Å². The lowest BCUT2D eigenvalue weighted by atomic mass is 10.1. The van der Waals surface area contributed by atoms with Crippen LogP contribution in [0.25, 0.3) is 0 Å². The van der Waals surface area contributed by atoms with Gasteiger partial charge in [0.05, 0.1) is 12.2 Å². The van der Waals surface area contributed by atoms with E-state index in [-0.39, 0.29) is 5.92 Å². The molecule has 1 unspecified atom stereocenters. The van der Waals surface area contributed by atoms with Gasteiger partial charge in [0.1, 0.15) is 6.29 Å². The summed E-state index contributed by atoms with van der Waals surface area (Å²) in [5.41, 5.74) is 0.988. The summed E-state index contributed by atoms with van der Waals surface area (Å²) in [6.45, 7) is 4.77. The molecule has 11 heavy (non-hydrogen) atoms. The summed E-state index contributed by atoms with van der Waals surface area (Å²) in [6, 6.07) is 0. The first-order valence-electron chi connectivity index (χ1n) is 3.75. The first kappa shape index (κ1) is 7.98. The van der Waals surface area contributed by atoms with Gasteiger partial charge in [-0.1, -0.05) is 6.92 Å². The molecule has 1 aromatic rings. The number of carbonyl (C=O) groups is 1. The van der Waals surface area contributed by atoms with E-state index in [4.69, 9.17) is 0 Å². The highest BCUT2D eigenvalue weighted by molar-refractivity contribution is 5.59. The molecule has 0 fully saturated rings. The molecule has 0 amide bonds. The van der Waals surface area contributed by atoms with Crippen molar-refractivity contribution in [1.82, 2.24) is 9.55 Å². The molecule has 0 saturated carbocycles. The Morgan fingerprint density at radius 3 is 3.09 bits per heavy atom. The zero-order valence-corrected chi connectivity index (χ0v) is 6.82. The zero-order valence-electron chi connectivity index (χ0n) is 6.82. The summed E-state index contributed by atoms with van der Waals surface area (Å²) in [6.07, 6.45) is 4.42. The molecule has 0 spiro atoms. The van der Waals surface area contributed by atoms with Gasteiger partial charge >= 0.3 is 0 Å². The van der Waals surface area contributed by atoms with Gasteiger partial charge in [-0.25, -0.2) is 4.98 Å². The number of imidazole rings is 1. The topological polar surface area (TPSA) is 34.9 Å². The zero-order chi connectivity index (χ0) is 8.27. The molecule has 0 bridgehead atoms. The van der Waals surface area contributed by atoms with Crippen molar-refractivity contribution in [2.24, 2.45) is 0 Å². The minimum Gasteiger partial charge on any atom is -0.334 e. The van der Waals surface area contributed by atoms with Gasteiger partial charge in [0.25, 0.3) is 0 Å². The maximum Gasteiger partial charge on any atom is 0.128 e. The molecule has 3 nitrogen and oxygen atoms in total. The molecule has 1 heterocycles. The van der Waals surface area contributed by atoms with Crippen LogP contribution in [0.2, 0.25) is 0 Å². The van der Waals surface area contributed by atoms with Gasteiger partial charge in [-0.15, -0.1) is 0 Å². The summed E-state index contributed by atoms with van der Waals surface area (Å²) in [5.74, 6) is -0.0440. The van der Waals surface area contributed by atoms with Crippen LogP contribution in [0.1, 0.15) is 25.5 Å². The first-order valence-corrected chi connectivity index (χ1v) is 3.75. The maximum atomic E-state index is 10.4. The average Bonchev–Trinajstić information content (AvgIpc) is 2.50. The predicted octanol–water partition coefficient (Wildman–Crippen LogP) is 1.21. The summed E-state index contributed by atoms with van der Waals surface area (Å²) >= 11 is 0. The second kappa shape index (κ2) is 3.32. The normalized spacial score (nSPS) is 12.9. The van der Waals surface area contributed by atoms with Gasteiger partial charge in [-0.05, 0) is 6.92 Å². The van der Waals surface area contributed by atoms with E-state index in [0.29, 0.717) is 0 Å². The molecular formula is C8H12N2O. The van der Waals surface area contributed by atoms with Gasteiger partial charge in [-0.2, -0.15) is 0 Å². The Morgan fingerprint density at radius 1 is 1.82 bits per heavy atom. The Morgan fingerprint density at radius 2 is 2.55 bits per heavy atom. The van der Waals surface area contributed by atoms with Crippen molar-refractivity contribution in [2.45, 2.75) is 26.3 Å². The number of aromatic nitrogens is 2. The third-order valence-electron chi connectivity index (χ3n) is 1.76. The van der Waals surface area contributed by atoms with Crippen molar-refractivity contribution in [3.8, 4) is 0 Å². The number of hydrogen-bond acceptors (Lipinski definition) is 2. The monoisotopic (exact) mass is 152 g/mol. The summed E-state index contributed by atoms with van der Waals surface area (Å²) in [5, 5.41) is 0. The molecule has 0 saturated heterocycles. The Balaban J connectivity index is 2.91. The molecule has 1 aromatic heterocycles. The molecular weight excluding hydrogens is 140 g/mol. The SMILES string of the molecule is CCn1cncc1C(C)C=O. The minimum absolute atomic E-state index is 0.0440. The van der Waals surface area contributed by atoms with Crippen molar-refractivity contribution < 1.29 is 4.79 Å². The standard InChI is InChI=1S/C8H12N2O/c1-3-10-6-9-4-8(10)7(2)5-11/h4-7H,3H2,1-2H3. The highest BCUT2D eigenvalue weighted by Gasteiger charge is 2.07. The van der Waals surface area contributed by atoms with E-state index in [2.05, 4.69) is 4.98 Å². The van der Waals surface area contributed by atoms with Crippen LogP contribution in [-0.2, 0) is 11.3 Å². The second-order valence-corrected chi connectivity index (χ2v) is 2.53. The Labute approximate surface area is 66.1 Å². The van der Waals surface area contributed by atoms with Crippen LogP contribution in [0, 0.1) is 0 Å². The molecule has 60 valence electrons. The lowest BCUT2D eigenvalue weighted by molar-refractivity contribution is -0.108. The molecule has 0 aliphatic heterocycles. The third-order valence-corrected chi connectivity index (χ3v) is 1.76. The van der Waals surface area contributed by atoms with Crippen LogP contribution in [0.5, 0.6) is 0 Å². The fourth-order valence-corrected chi connectivity index (χ4v) is 1.04. The highest BCUT2D eigenvalue weighted by atomic mass is 16.1. The summed E-state index contributed by atoms with van der Waals surface area (Å²) in [4.78, 5) is 14.4. The van der Waals surface area contributed by atoms with Crippen LogP contribution >= 0.6 is 0 Å². The molecule has 0 radical (unpaired) electrons. The molecule has 3 heteroatoms. The van der Waals surface area contributed by atoms with Crippen molar-refractivity contribution in [1.29, 1.82) is 0 Å². The number of carbonyl (C=O) groups excluding carboxylic acids is 1. The quantitative estimate of drug-likeness (QED) is 0.610. The largest absolute Gasteiger partial charge is 0.334 e. The van der Waals surface area contributed by atoms with E-state index in [1.165, 1.54) is 0 Å². The summed E-state index contributed by atoms with van der Waals surface area (Å²) < 4.78 is 1.97. The van der Waals surface area contributed by atoms with Crippen LogP contribution in [0.15, 0.2) is 12.5 Å². The van der Waals surface area contributed by atoms with Gasteiger partial charge in [0.2, 0.25) is 0 Å². The van der Waals surface area contributed by atoms with E-state index in [9.17, 15) is 4.79 Å². The minimum atomic E-state index is -0.0440. The number of aryl methyl sites for hydroxylation is 1. The van der Waals surface area contributed by atoms with E-state index in [0.717, 1.165) is 18.5 Å². The van der Waals surface area contributed by atoms with E-state index < -0.39 is 0 Å². The van der Waals surface area contributed by atoms with Crippen molar-refractivity contribution in [3.63, 3.8) is 0 Å². The smallest absolute Gasteiger partial charge is 0.128 e. The fourth-order valence-electron chi connectivity index (χ4n) is 1.04. The summed E-state index contributed by atoms with van der Waals surface area (Å²) in [7, 11) is 0. The van der Waals surface area contributed by atoms with Gasteiger partial charge in [0, 0.05) is 18.4 Å². The van der Waals surface area contributed by atoms with E-state index >= 15 is 0 Å². The van der Waals surface area contributed by atoms with Gasteiger partial charge in [-0.3, -0.25) is 0 Å². The van der Waals surface area contributed by atoms with Crippen LogP contribution < -0.4 is 0 Å². The van der Waals surface area contributed by atoms with Crippen molar-refractivity contribution in [3.05, 3.63) is 18.2 Å². The second-order valence-electron chi connectivity index (χ2n) is 2.53. The first-order chi connectivity index (χ1) is 5.29. The number of aldehydes is 1. The number of rotatable bonds is 3. The Kier molecular flexibility index (Phi) is 2.41. The van der Waals surface area contributed by atoms with Gasteiger partial charge < -0.3 is 9.36 Å². The molecule has 1 atom stereocenters. The van der Waals surface area contributed by atoms with Crippen LogP contribution in [0.3, 0.4) is 0 Å². The van der Waals surface area contributed by atoms with Crippen molar-refractivity contribution in [2.75, 3.05) is 0 Å². The molecule has 0 N–H and O–H groups in total. The number of hydrogen-bond donors (Lipinski definition) is 0. The lowest BCUT2D eigenvalue weighted by Gasteiger charge is -2.05. The average molecular weight is 152 g/mol. The van der Waals surface area contributed by atoms with Crippen LogP contribution in [0.4, 0.5) is 0 Å². The Hall–Kier alpha value is -1.12.